The standard InChI is InChI=1S/C12H12BrN5O/c13-11-3-1-2-9-4-5-17(6-10(9)11)12(19)7-18-8-14-15-16-18/h1-3,8H,4-7H2. The number of halogens is 1. The van der Waals surface area contributed by atoms with E-state index in [9.17, 15) is 4.79 Å². The van der Waals surface area contributed by atoms with Crippen LogP contribution in [-0.4, -0.2) is 37.6 Å². The fourth-order valence-corrected chi connectivity index (χ4v) is 2.78. The lowest BCUT2D eigenvalue weighted by Crippen LogP contribution is -2.38. The molecule has 98 valence electrons. The molecule has 3 rings (SSSR count). The van der Waals surface area contributed by atoms with E-state index in [2.05, 4.69) is 37.5 Å². The molecular weight excluding hydrogens is 310 g/mol. The zero-order valence-electron chi connectivity index (χ0n) is 10.2. The summed E-state index contributed by atoms with van der Waals surface area (Å²) >= 11 is 3.54. The van der Waals surface area contributed by atoms with Crippen molar-refractivity contribution < 1.29 is 4.79 Å². The number of fused-ring (bicyclic) bond motifs is 1. The molecule has 1 aliphatic heterocycles. The van der Waals surface area contributed by atoms with Gasteiger partial charge in [0.15, 0.2) is 0 Å². The maximum atomic E-state index is 12.2. The van der Waals surface area contributed by atoms with E-state index >= 15 is 0 Å². The Morgan fingerprint density at radius 2 is 2.32 bits per heavy atom. The summed E-state index contributed by atoms with van der Waals surface area (Å²) in [5, 5.41) is 10.8. The zero-order chi connectivity index (χ0) is 13.2. The third-order valence-corrected chi connectivity index (χ3v) is 4.00. The smallest absolute Gasteiger partial charge is 0.244 e. The minimum Gasteiger partial charge on any atom is -0.336 e. The van der Waals surface area contributed by atoms with Crippen LogP contribution in [0.5, 0.6) is 0 Å². The lowest BCUT2D eigenvalue weighted by Gasteiger charge is -2.29. The number of hydrogen-bond donors (Lipinski definition) is 0. The number of benzene rings is 1. The van der Waals surface area contributed by atoms with Gasteiger partial charge in [0.2, 0.25) is 5.91 Å². The molecular formula is C12H12BrN5O. The van der Waals surface area contributed by atoms with Gasteiger partial charge in [-0.3, -0.25) is 4.79 Å². The van der Waals surface area contributed by atoms with E-state index in [1.165, 1.54) is 22.1 Å². The zero-order valence-corrected chi connectivity index (χ0v) is 11.7. The molecule has 0 unspecified atom stereocenters. The molecule has 7 heteroatoms. The number of hydrogen-bond acceptors (Lipinski definition) is 4. The molecule has 1 amide bonds. The highest BCUT2D eigenvalue weighted by atomic mass is 79.9. The molecule has 1 aromatic heterocycles. The predicted octanol–water partition coefficient (Wildman–Crippen LogP) is 1.02. The van der Waals surface area contributed by atoms with Crippen molar-refractivity contribution in [2.24, 2.45) is 0 Å². The van der Waals surface area contributed by atoms with E-state index in [1.54, 1.807) is 0 Å². The van der Waals surface area contributed by atoms with Gasteiger partial charge in [-0.2, -0.15) is 0 Å². The van der Waals surface area contributed by atoms with Crippen LogP contribution in [0.1, 0.15) is 11.1 Å². The van der Waals surface area contributed by atoms with Gasteiger partial charge in [-0.15, -0.1) is 5.10 Å². The van der Waals surface area contributed by atoms with Crippen molar-refractivity contribution in [2.45, 2.75) is 19.5 Å². The van der Waals surface area contributed by atoms with E-state index in [0.29, 0.717) is 6.54 Å². The quantitative estimate of drug-likeness (QED) is 0.828. The van der Waals surface area contributed by atoms with Gasteiger partial charge >= 0.3 is 0 Å². The van der Waals surface area contributed by atoms with Gasteiger partial charge in [0.25, 0.3) is 0 Å². The first-order valence-corrected chi connectivity index (χ1v) is 6.78. The SMILES string of the molecule is O=C(Cn1cnnn1)N1CCc2cccc(Br)c2C1. The van der Waals surface area contributed by atoms with Crippen molar-refractivity contribution in [2.75, 3.05) is 6.54 Å². The number of carbonyl (C=O) groups is 1. The Morgan fingerprint density at radius 1 is 1.42 bits per heavy atom. The van der Waals surface area contributed by atoms with E-state index in [1.807, 2.05) is 17.0 Å². The Kier molecular flexibility index (Phi) is 3.29. The second kappa shape index (κ2) is 5.08. The van der Waals surface area contributed by atoms with Crippen LogP contribution in [0.4, 0.5) is 0 Å². The molecule has 0 saturated carbocycles. The summed E-state index contributed by atoms with van der Waals surface area (Å²) in [6.45, 7) is 1.56. The van der Waals surface area contributed by atoms with Gasteiger partial charge in [-0.05, 0) is 34.0 Å². The minimum atomic E-state index is 0.0358. The van der Waals surface area contributed by atoms with Crippen molar-refractivity contribution >= 4 is 21.8 Å². The molecule has 0 aliphatic carbocycles. The van der Waals surface area contributed by atoms with Gasteiger partial charge in [-0.25, -0.2) is 4.68 Å². The topological polar surface area (TPSA) is 63.9 Å². The number of carbonyl (C=O) groups excluding carboxylic acids is 1. The number of aromatic nitrogens is 4. The highest BCUT2D eigenvalue weighted by Gasteiger charge is 2.22. The number of tetrazole rings is 1. The first-order chi connectivity index (χ1) is 9.24. The fourth-order valence-electron chi connectivity index (χ4n) is 2.24. The van der Waals surface area contributed by atoms with Gasteiger partial charge in [-0.1, -0.05) is 28.1 Å². The minimum absolute atomic E-state index is 0.0358. The van der Waals surface area contributed by atoms with Gasteiger partial charge in [0.1, 0.15) is 12.9 Å². The second-order valence-electron chi connectivity index (χ2n) is 4.45. The van der Waals surface area contributed by atoms with E-state index in [0.717, 1.165) is 17.4 Å². The van der Waals surface area contributed by atoms with Crippen LogP contribution in [-0.2, 0) is 24.3 Å². The summed E-state index contributed by atoms with van der Waals surface area (Å²) in [4.78, 5) is 14.0. The van der Waals surface area contributed by atoms with Crippen LogP contribution in [0.25, 0.3) is 0 Å². The van der Waals surface area contributed by atoms with Crippen molar-refractivity contribution in [3.63, 3.8) is 0 Å². The Morgan fingerprint density at radius 3 is 3.11 bits per heavy atom. The number of rotatable bonds is 2. The number of amides is 1. The van der Waals surface area contributed by atoms with E-state index < -0.39 is 0 Å². The molecule has 0 spiro atoms. The Hall–Kier alpha value is -1.76. The second-order valence-corrected chi connectivity index (χ2v) is 5.30. The summed E-state index contributed by atoms with van der Waals surface area (Å²) < 4.78 is 2.50. The average molecular weight is 322 g/mol. The van der Waals surface area contributed by atoms with Gasteiger partial charge < -0.3 is 4.90 Å². The molecule has 0 saturated heterocycles. The Bertz CT molecular complexity index is 598. The third-order valence-electron chi connectivity index (χ3n) is 3.26. The number of nitrogens with zero attached hydrogens (tertiary/aromatic N) is 5. The van der Waals surface area contributed by atoms with Crippen LogP contribution < -0.4 is 0 Å². The Balaban J connectivity index is 1.75. The van der Waals surface area contributed by atoms with Crippen molar-refractivity contribution in [1.82, 2.24) is 25.1 Å². The average Bonchev–Trinajstić information content (AvgIpc) is 2.92. The third kappa shape index (κ3) is 2.51. The van der Waals surface area contributed by atoms with Gasteiger partial charge in [0.05, 0.1) is 0 Å². The maximum absolute atomic E-state index is 12.2. The highest BCUT2D eigenvalue weighted by Crippen LogP contribution is 2.26. The van der Waals surface area contributed by atoms with Crippen LogP contribution in [0.2, 0.25) is 0 Å². The van der Waals surface area contributed by atoms with Crippen LogP contribution in [0, 0.1) is 0 Å². The Labute approximate surface area is 118 Å². The highest BCUT2D eigenvalue weighted by molar-refractivity contribution is 9.10. The summed E-state index contributed by atoms with van der Waals surface area (Å²) in [5.41, 5.74) is 2.50. The van der Waals surface area contributed by atoms with Crippen molar-refractivity contribution in [3.05, 3.63) is 40.1 Å². The largest absolute Gasteiger partial charge is 0.336 e. The molecule has 1 aromatic carbocycles. The summed E-state index contributed by atoms with van der Waals surface area (Å²) in [6, 6.07) is 6.15. The molecule has 0 fully saturated rings. The van der Waals surface area contributed by atoms with E-state index in [4.69, 9.17) is 0 Å². The molecule has 0 radical (unpaired) electrons. The van der Waals surface area contributed by atoms with Crippen molar-refractivity contribution in [1.29, 1.82) is 0 Å². The van der Waals surface area contributed by atoms with Crippen LogP contribution in [0.3, 0.4) is 0 Å². The van der Waals surface area contributed by atoms with Crippen molar-refractivity contribution in [3.8, 4) is 0 Å². The molecule has 1 aliphatic rings. The molecule has 2 heterocycles. The summed E-state index contributed by atoms with van der Waals surface area (Å²) in [7, 11) is 0. The summed E-state index contributed by atoms with van der Waals surface area (Å²) in [5.74, 6) is 0.0358. The van der Waals surface area contributed by atoms with Gasteiger partial charge in [0, 0.05) is 17.6 Å². The normalized spacial score (nSPS) is 14.3. The molecule has 2 aromatic rings. The lowest BCUT2D eigenvalue weighted by atomic mass is 10.00. The lowest BCUT2D eigenvalue weighted by molar-refractivity contribution is -0.133. The molecule has 6 nitrogen and oxygen atoms in total. The van der Waals surface area contributed by atoms with Crippen LogP contribution in [0.15, 0.2) is 29.0 Å². The monoisotopic (exact) mass is 321 g/mol. The maximum Gasteiger partial charge on any atom is 0.244 e. The molecule has 0 bridgehead atoms. The van der Waals surface area contributed by atoms with E-state index in [-0.39, 0.29) is 12.5 Å². The molecule has 0 N–H and O–H groups in total. The first-order valence-electron chi connectivity index (χ1n) is 5.99. The first kappa shape index (κ1) is 12.3. The molecule has 0 atom stereocenters. The predicted molar refractivity (Wildman–Crippen MR) is 71.1 cm³/mol. The van der Waals surface area contributed by atoms with Crippen LogP contribution >= 0.6 is 15.9 Å². The summed E-state index contributed by atoms with van der Waals surface area (Å²) in [6.07, 6.45) is 2.34. The molecule has 19 heavy (non-hydrogen) atoms. The fraction of sp³-hybridized carbons (Fsp3) is 0.333.